The van der Waals surface area contributed by atoms with Gasteiger partial charge >= 0.3 is 5.97 Å². The summed E-state index contributed by atoms with van der Waals surface area (Å²) in [5.41, 5.74) is 5.85. The van der Waals surface area contributed by atoms with E-state index in [1.807, 2.05) is 0 Å². The van der Waals surface area contributed by atoms with E-state index < -0.39 is 23.4 Å². The van der Waals surface area contributed by atoms with Crippen molar-refractivity contribution in [3.05, 3.63) is 41.6 Å². The largest absolute Gasteiger partial charge is 0.475 e. The molecule has 2 aromatic rings. The first kappa shape index (κ1) is 53.6. The van der Waals surface area contributed by atoms with Crippen LogP contribution in [0.2, 0.25) is 0 Å². The minimum absolute atomic E-state index is 0.240. The van der Waals surface area contributed by atoms with E-state index in [1.165, 1.54) is 159 Å². The van der Waals surface area contributed by atoms with E-state index in [2.05, 4.69) is 64.9 Å². The summed E-state index contributed by atoms with van der Waals surface area (Å²) < 4.78 is 1.62. The molecule has 2 heterocycles. The molecule has 0 saturated carbocycles. The van der Waals surface area contributed by atoms with Crippen molar-refractivity contribution in [2.24, 2.45) is 17.6 Å². The Bertz CT molecular complexity index is 1270. The summed E-state index contributed by atoms with van der Waals surface area (Å²) in [6.07, 6.45) is 31.8. The monoisotopic (exact) mass is 932 g/mol. The van der Waals surface area contributed by atoms with Gasteiger partial charge in [-0.25, -0.2) is 4.79 Å². The third-order valence-electron chi connectivity index (χ3n) is 9.74. The number of carbonyl (C=O) groups excluding carboxylic acids is 3. The molecule has 1 amide bonds. The summed E-state index contributed by atoms with van der Waals surface area (Å²) in [7, 11) is 0. The predicted molar refractivity (Wildman–Crippen MR) is 243 cm³/mol. The van der Waals surface area contributed by atoms with Crippen molar-refractivity contribution in [3.8, 4) is 0 Å². The van der Waals surface area contributed by atoms with Gasteiger partial charge in [0.1, 0.15) is 0 Å². The molecule has 316 valence electrons. The summed E-state index contributed by atoms with van der Waals surface area (Å²) in [6.45, 7) is 10.5. The van der Waals surface area contributed by atoms with Crippen LogP contribution in [0, 0.1) is 11.8 Å². The average molecular weight is 935 g/mol. The van der Waals surface area contributed by atoms with Crippen LogP contribution in [0.4, 0.5) is 0 Å². The lowest BCUT2D eigenvalue weighted by molar-refractivity contribution is -0.131. The number of hydrogen-bond acceptors (Lipinski definition) is 7. The highest BCUT2D eigenvalue weighted by Gasteiger charge is 2.20. The number of Topliss-reactive ketones (excluding diaryl/α,β-unsaturated/α-hetero) is 2. The van der Waals surface area contributed by atoms with Crippen LogP contribution in [-0.2, 0) is 9.59 Å². The predicted octanol–water partition coefficient (Wildman–Crippen LogP) is 14.2. The number of carboxylic acid groups (broad SMARTS) is 1. The van der Waals surface area contributed by atoms with Crippen LogP contribution >= 0.6 is 54.5 Å². The Hall–Kier alpha value is -1.40. The van der Waals surface area contributed by atoms with Gasteiger partial charge in [0.15, 0.2) is 0 Å². The van der Waals surface area contributed by atoms with E-state index in [-0.39, 0.29) is 4.88 Å². The molecule has 11 heteroatoms. The number of nitrogens with two attached hydrogens (primary N) is 1. The van der Waals surface area contributed by atoms with Crippen LogP contribution in [0.3, 0.4) is 0 Å². The Balaban J connectivity index is 0.000000883. The molecular weight excluding hydrogens is 860 g/mol. The molecule has 0 spiro atoms. The lowest BCUT2D eigenvalue weighted by atomic mass is 9.94. The van der Waals surface area contributed by atoms with Crippen molar-refractivity contribution in [3.63, 3.8) is 0 Å². The lowest BCUT2D eigenvalue weighted by Crippen LogP contribution is -2.34. The molecule has 2 rings (SSSR count). The molecule has 2 unspecified atom stereocenters. The fraction of sp³-hybridized carbons (Fsp3) is 0.727. The standard InChI is InChI=1S/C22H36BrNO2S.C16H35N.C6H3BrO3S/c1-3-5-7-9-10-12-14-18(13-11-8-6-4-2)17-24-22(26)21(25)19-15-16-20(23)27-19;1-3-5-7-9-10-12-14-16(15-17)13-11-8-6-4-2;7-4-2-1-3(11-4)5(8)6(9)10/h15-16,18H,3-14,17H2,1-2H3,(H,24,26);16H,3-15,17H2,1-2H3;1-2H,(H,9,10). The topological polar surface area (TPSA) is 127 Å². The second-order valence-electron chi connectivity index (χ2n) is 14.7. The SMILES string of the molecule is CCCCCCCCC(CCCCCC)CNC(=O)C(=O)c1ccc(Br)s1.CCCCCCCCC(CN)CCCCCC.O=C(O)C(=O)c1ccc(Br)s1. The molecule has 0 fully saturated rings. The maximum atomic E-state index is 12.2. The van der Waals surface area contributed by atoms with Gasteiger partial charge in [0.2, 0.25) is 0 Å². The number of carboxylic acids is 1. The number of halogens is 2. The number of amides is 1. The maximum Gasteiger partial charge on any atom is 0.378 e. The van der Waals surface area contributed by atoms with Gasteiger partial charge in [-0.1, -0.05) is 156 Å². The van der Waals surface area contributed by atoms with E-state index in [9.17, 15) is 19.2 Å². The van der Waals surface area contributed by atoms with Gasteiger partial charge in [0.25, 0.3) is 17.5 Å². The van der Waals surface area contributed by atoms with Crippen molar-refractivity contribution in [1.29, 1.82) is 0 Å². The highest BCUT2D eigenvalue weighted by Crippen LogP contribution is 2.24. The van der Waals surface area contributed by atoms with Crippen molar-refractivity contribution < 1.29 is 24.3 Å². The fourth-order valence-corrected chi connectivity index (χ4v) is 8.92. The Morgan fingerprint density at radius 1 is 0.564 bits per heavy atom. The molecule has 0 saturated heterocycles. The average Bonchev–Trinajstić information content (AvgIpc) is 3.83. The first-order valence-corrected chi connectivity index (χ1v) is 24.6. The zero-order valence-electron chi connectivity index (χ0n) is 34.6. The number of thiophene rings is 2. The van der Waals surface area contributed by atoms with Crippen molar-refractivity contribution in [2.45, 2.75) is 182 Å². The Kier molecular flexibility index (Phi) is 36.0. The minimum Gasteiger partial charge on any atom is -0.475 e. The zero-order chi connectivity index (χ0) is 41.1. The third-order valence-corrected chi connectivity index (χ3v) is 13.0. The van der Waals surface area contributed by atoms with Crippen molar-refractivity contribution >= 4 is 78.0 Å². The second-order valence-corrected chi connectivity index (χ2v) is 19.6. The molecule has 2 atom stereocenters. The van der Waals surface area contributed by atoms with E-state index in [4.69, 9.17) is 10.8 Å². The van der Waals surface area contributed by atoms with Gasteiger partial charge in [0.05, 0.1) is 17.3 Å². The minimum atomic E-state index is -1.42. The summed E-state index contributed by atoms with van der Waals surface area (Å²) in [5.74, 6) is -1.88. The molecule has 2 aromatic heterocycles. The first-order valence-electron chi connectivity index (χ1n) is 21.3. The van der Waals surface area contributed by atoms with Gasteiger partial charge in [-0.2, -0.15) is 0 Å². The number of rotatable bonds is 31. The summed E-state index contributed by atoms with van der Waals surface area (Å²) in [5, 5.41) is 11.2. The highest BCUT2D eigenvalue weighted by molar-refractivity contribution is 9.11. The van der Waals surface area contributed by atoms with Crippen LogP contribution in [0.5, 0.6) is 0 Å². The Morgan fingerprint density at radius 3 is 1.25 bits per heavy atom. The van der Waals surface area contributed by atoms with Crippen LogP contribution in [0.15, 0.2) is 31.8 Å². The van der Waals surface area contributed by atoms with Crippen molar-refractivity contribution in [1.82, 2.24) is 5.32 Å². The first-order chi connectivity index (χ1) is 26.5. The number of aliphatic carboxylic acids is 1. The lowest BCUT2D eigenvalue weighted by Gasteiger charge is -2.17. The van der Waals surface area contributed by atoms with E-state index in [0.29, 0.717) is 17.3 Å². The molecule has 4 N–H and O–H groups in total. The number of nitrogens with one attached hydrogen (secondary N) is 1. The highest BCUT2D eigenvalue weighted by atomic mass is 79.9. The number of ketones is 2. The summed E-state index contributed by atoms with van der Waals surface area (Å²) >= 11 is 8.88. The summed E-state index contributed by atoms with van der Waals surface area (Å²) in [4.78, 5) is 46.1. The fourth-order valence-electron chi connectivity index (χ4n) is 6.28. The molecule has 0 radical (unpaired) electrons. The van der Waals surface area contributed by atoms with Crippen LogP contribution < -0.4 is 11.1 Å². The zero-order valence-corrected chi connectivity index (χ0v) is 39.4. The Labute approximate surface area is 359 Å². The van der Waals surface area contributed by atoms with Gasteiger partial charge in [0, 0.05) is 6.54 Å². The van der Waals surface area contributed by atoms with E-state index in [1.54, 1.807) is 18.2 Å². The number of hydrogen-bond donors (Lipinski definition) is 3. The smallest absolute Gasteiger partial charge is 0.378 e. The Morgan fingerprint density at radius 2 is 0.909 bits per heavy atom. The van der Waals surface area contributed by atoms with Gasteiger partial charge in [-0.3, -0.25) is 14.4 Å². The van der Waals surface area contributed by atoms with E-state index >= 15 is 0 Å². The molecule has 7 nitrogen and oxygen atoms in total. The maximum absolute atomic E-state index is 12.2. The van der Waals surface area contributed by atoms with Crippen LogP contribution in [0.25, 0.3) is 0 Å². The molecule has 0 aromatic carbocycles. The number of carbonyl (C=O) groups is 4. The number of unbranched alkanes of at least 4 members (excludes halogenated alkanes) is 16. The quantitative estimate of drug-likeness (QED) is 0.0393. The normalized spacial score (nSPS) is 11.8. The molecule has 55 heavy (non-hydrogen) atoms. The van der Waals surface area contributed by atoms with Crippen LogP contribution in [0.1, 0.15) is 201 Å². The molecule has 0 aliphatic heterocycles. The molecule has 0 bridgehead atoms. The van der Waals surface area contributed by atoms with Gasteiger partial charge in [-0.05, 0) is 100 Å². The second kappa shape index (κ2) is 36.9. The molecule has 0 aliphatic carbocycles. The summed E-state index contributed by atoms with van der Waals surface area (Å²) in [6, 6.07) is 6.63. The molecular formula is C44H74Br2N2O5S2. The van der Waals surface area contributed by atoms with Gasteiger partial charge in [-0.15, -0.1) is 22.7 Å². The van der Waals surface area contributed by atoms with Gasteiger partial charge < -0.3 is 16.2 Å². The third kappa shape index (κ3) is 29.5. The molecule has 0 aliphatic rings. The van der Waals surface area contributed by atoms with Crippen molar-refractivity contribution in [2.75, 3.05) is 13.1 Å². The van der Waals surface area contributed by atoms with E-state index in [0.717, 1.165) is 44.2 Å². The van der Waals surface area contributed by atoms with Crippen LogP contribution in [-0.4, -0.2) is 41.6 Å².